The smallest absolute Gasteiger partial charge is 0.349 e. The van der Waals surface area contributed by atoms with Crippen molar-refractivity contribution >= 4 is 40.8 Å². The molecule has 0 saturated heterocycles. The Morgan fingerprint density at radius 3 is 2.27 bits per heavy atom. The van der Waals surface area contributed by atoms with Gasteiger partial charge < -0.3 is 14.8 Å². The van der Waals surface area contributed by atoms with Gasteiger partial charge in [-0.2, -0.15) is 0 Å². The van der Waals surface area contributed by atoms with E-state index in [9.17, 15) is 9.59 Å². The topological polar surface area (TPSA) is 64.6 Å². The number of aryl methyl sites for hydroxylation is 2. The number of rotatable bonds is 6. The Bertz CT molecular complexity index is 1080. The molecular weight excluding hydrogens is 425 g/mol. The highest BCUT2D eigenvalue weighted by atomic mass is 35.5. The predicted octanol–water partition coefficient (Wildman–Crippen LogP) is 5.85. The number of nitrogens with one attached hydrogen (secondary N) is 1. The molecule has 0 bridgehead atoms. The maximum absolute atomic E-state index is 12.4. The van der Waals surface area contributed by atoms with E-state index in [0.29, 0.717) is 32.8 Å². The first kappa shape index (κ1) is 21.7. The number of anilines is 1. The molecule has 0 unspecified atom stereocenters. The Kier molecular flexibility index (Phi) is 6.98. The van der Waals surface area contributed by atoms with E-state index in [2.05, 4.69) is 5.32 Å². The van der Waals surface area contributed by atoms with Gasteiger partial charge in [0.05, 0.1) is 10.7 Å². The number of carbonyl (C=O) groups is 2. The van der Waals surface area contributed by atoms with E-state index in [1.807, 2.05) is 26.0 Å². The van der Waals surface area contributed by atoms with Crippen molar-refractivity contribution in [2.24, 2.45) is 0 Å². The van der Waals surface area contributed by atoms with Crippen molar-refractivity contribution in [1.82, 2.24) is 0 Å². The van der Waals surface area contributed by atoms with E-state index in [0.717, 1.165) is 11.1 Å². The van der Waals surface area contributed by atoms with Crippen LogP contribution in [0, 0.1) is 13.8 Å². The molecule has 7 heteroatoms. The summed E-state index contributed by atoms with van der Waals surface area (Å²) in [7, 11) is 0. The summed E-state index contributed by atoms with van der Waals surface area (Å²) in [6.45, 7) is 3.75. The highest BCUT2D eigenvalue weighted by Gasteiger charge is 2.11. The molecule has 30 heavy (non-hydrogen) atoms. The van der Waals surface area contributed by atoms with Crippen molar-refractivity contribution in [3.63, 3.8) is 0 Å². The largest absolute Gasteiger partial charge is 0.482 e. The van der Waals surface area contributed by atoms with Crippen molar-refractivity contribution in [1.29, 1.82) is 0 Å². The average Bonchev–Trinajstić information content (AvgIpc) is 2.72. The van der Waals surface area contributed by atoms with Crippen LogP contribution >= 0.6 is 23.2 Å². The van der Waals surface area contributed by atoms with Gasteiger partial charge in [0.25, 0.3) is 5.91 Å². The zero-order valence-electron chi connectivity index (χ0n) is 16.4. The number of benzene rings is 3. The lowest BCUT2D eigenvalue weighted by Crippen LogP contribution is -2.18. The van der Waals surface area contributed by atoms with Gasteiger partial charge in [0, 0.05) is 10.6 Å². The molecule has 0 heterocycles. The van der Waals surface area contributed by atoms with Crippen LogP contribution < -0.4 is 14.8 Å². The van der Waals surface area contributed by atoms with Crippen LogP contribution in [0.2, 0.25) is 10.0 Å². The summed E-state index contributed by atoms with van der Waals surface area (Å²) in [6.07, 6.45) is 0. The Morgan fingerprint density at radius 1 is 0.867 bits per heavy atom. The van der Waals surface area contributed by atoms with Crippen LogP contribution in [-0.4, -0.2) is 18.5 Å². The van der Waals surface area contributed by atoms with E-state index >= 15 is 0 Å². The Morgan fingerprint density at radius 2 is 1.57 bits per heavy atom. The van der Waals surface area contributed by atoms with Gasteiger partial charge in [-0.05, 0) is 79.6 Å². The van der Waals surface area contributed by atoms with E-state index in [4.69, 9.17) is 32.7 Å². The number of hydrogen-bond acceptors (Lipinski definition) is 4. The van der Waals surface area contributed by atoms with Crippen molar-refractivity contribution in [3.8, 4) is 11.5 Å². The van der Waals surface area contributed by atoms with Crippen LogP contribution in [0.4, 0.5) is 5.69 Å². The number of carbonyl (C=O) groups excluding carboxylic acids is 2. The van der Waals surface area contributed by atoms with Gasteiger partial charge in [-0.1, -0.05) is 29.3 Å². The minimum Gasteiger partial charge on any atom is -0.482 e. The van der Waals surface area contributed by atoms with E-state index in [1.165, 1.54) is 12.1 Å². The van der Waals surface area contributed by atoms with Crippen molar-refractivity contribution in [2.75, 3.05) is 11.9 Å². The zero-order valence-corrected chi connectivity index (χ0v) is 17.9. The normalized spacial score (nSPS) is 10.4. The molecule has 0 aliphatic rings. The maximum atomic E-state index is 12.4. The zero-order chi connectivity index (χ0) is 21.7. The molecule has 0 aliphatic heterocycles. The monoisotopic (exact) mass is 443 g/mol. The van der Waals surface area contributed by atoms with Gasteiger partial charge in [-0.25, -0.2) is 4.79 Å². The third kappa shape index (κ3) is 5.75. The molecule has 3 aromatic rings. The molecule has 0 saturated carbocycles. The molecule has 1 amide bonds. The summed E-state index contributed by atoms with van der Waals surface area (Å²) in [5, 5.41) is 3.53. The van der Waals surface area contributed by atoms with Crippen molar-refractivity contribution < 1.29 is 19.1 Å². The summed E-state index contributed by atoms with van der Waals surface area (Å²) >= 11 is 12.0. The highest BCUT2D eigenvalue weighted by molar-refractivity contribution is 6.35. The summed E-state index contributed by atoms with van der Waals surface area (Å²) in [6, 6.07) is 16.5. The maximum Gasteiger partial charge on any atom is 0.349 e. The van der Waals surface area contributed by atoms with Gasteiger partial charge in [-0.3, -0.25) is 4.79 Å². The Labute approximate surface area is 184 Å². The Hall–Kier alpha value is -3.02. The van der Waals surface area contributed by atoms with Gasteiger partial charge in [0.1, 0.15) is 11.5 Å². The van der Waals surface area contributed by atoms with Crippen LogP contribution in [0.5, 0.6) is 11.5 Å². The lowest BCUT2D eigenvalue weighted by Gasteiger charge is -2.10. The third-order valence-corrected chi connectivity index (χ3v) is 4.92. The van der Waals surface area contributed by atoms with Gasteiger partial charge in [-0.15, -0.1) is 0 Å². The van der Waals surface area contributed by atoms with Gasteiger partial charge >= 0.3 is 5.97 Å². The fourth-order valence-electron chi connectivity index (χ4n) is 2.57. The van der Waals surface area contributed by atoms with E-state index < -0.39 is 5.97 Å². The summed E-state index contributed by atoms with van der Waals surface area (Å²) in [5.74, 6) is -0.00553. The molecule has 154 valence electrons. The number of halogens is 2. The number of hydrogen-bond donors (Lipinski definition) is 1. The molecule has 0 fully saturated rings. The first-order valence-corrected chi connectivity index (χ1v) is 9.84. The molecule has 5 nitrogen and oxygen atoms in total. The number of esters is 1. The van der Waals surface area contributed by atoms with Crippen LogP contribution in [0.15, 0.2) is 60.7 Å². The lowest BCUT2D eigenvalue weighted by atomic mass is 10.1. The highest BCUT2D eigenvalue weighted by Crippen LogP contribution is 2.26. The predicted molar refractivity (Wildman–Crippen MR) is 118 cm³/mol. The quantitative estimate of drug-likeness (QED) is 0.383. The summed E-state index contributed by atoms with van der Waals surface area (Å²) < 4.78 is 10.7. The van der Waals surface area contributed by atoms with Gasteiger partial charge in [0.2, 0.25) is 0 Å². The molecule has 3 aromatic carbocycles. The van der Waals surface area contributed by atoms with Crippen molar-refractivity contribution in [2.45, 2.75) is 13.8 Å². The van der Waals surface area contributed by atoms with Crippen LogP contribution in [0.3, 0.4) is 0 Å². The first-order valence-electron chi connectivity index (χ1n) is 9.09. The van der Waals surface area contributed by atoms with Crippen LogP contribution in [0.1, 0.15) is 21.5 Å². The average molecular weight is 444 g/mol. The molecule has 0 atom stereocenters. The molecular formula is C23H19Cl2NO4. The first-order chi connectivity index (χ1) is 14.3. The second-order valence-corrected chi connectivity index (χ2v) is 7.46. The van der Waals surface area contributed by atoms with Crippen LogP contribution in [0.25, 0.3) is 0 Å². The van der Waals surface area contributed by atoms with E-state index in [1.54, 1.807) is 36.4 Å². The summed E-state index contributed by atoms with van der Waals surface area (Å²) in [5.41, 5.74) is 3.01. The standard InChI is InChI=1S/C23H19Cl2NO4/c1-14-3-7-19(11-15(14)2)29-13-22(27)30-18-8-4-16(5-9-18)23(28)26-21-12-17(24)6-10-20(21)25/h3-12H,13H2,1-2H3,(H,26,28). The summed E-state index contributed by atoms with van der Waals surface area (Å²) in [4.78, 5) is 24.4. The molecule has 0 spiro atoms. The minimum absolute atomic E-state index is 0.224. The number of ether oxygens (including phenoxy) is 2. The molecule has 0 aromatic heterocycles. The van der Waals surface area contributed by atoms with Crippen LogP contribution in [-0.2, 0) is 4.79 Å². The SMILES string of the molecule is Cc1ccc(OCC(=O)Oc2ccc(C(=O)Nc3cc(Cl)ccc3Cl)cc2)cc1C. The Balaban J connectivity index is 1.55. The van der Waals surface area contributed by atoms with Gasteiger partial charge in [0.15, 0.2) is 6.61 Å². The van der Waals surface area contributed by atoms with E-state index in [-0.39, 0.29) is 12.5 Å². The fraction of sp³-hybridized carbons (Fsp3) is 0.130. The minimum atomic E-state index is -0.545. The fourth-order valence-corrected chi connectivity index (χ4v) is 2.91. The molecule has 1 N–H and O–H groups in total. The second kappa shape index (κ2) is 9.65. The third-order valence-electron chi connectivity index (χ3n) is 4.36. The second-order valence-electron chi connectivity index (χ2n) is 6.61. The molecule has 0 radical (unpaired) electrons. The molecule has 3 rings (SSSR count). The van der Waals surface area contributed by atoms with Crippen molar-refractivity contribution in [3.05, 3.63) is 87.4 Å². The lowest BCUT2D eigenvalue weighted by molar-refractivity contribution is -0.136. The number of amides is 1. The molecule has 0 aliphatic carbocycles.